The maximum absolute atomic E-state index is 12.1. The number of hydrogen-bond donors (Lipinski definition) is 1. The van der Waals surface area contributed by atoms with Gasteiger partial charge in [-0.1, -0.05) is 12.1 Å². The van der Waals surface area contributed by atoms with Gasteiger partial charge in [-0.2, -0.15) is 0 Å². The van der Waals surface area contributed by atoms with Gasteiger partial charge < -0.3 is 4.98 Å². The van der Waals surface area contributed by atoms with E-state index in [0.717, 1.165) is 49.6 Å². The summed E-state index contributed by atoms with van der Waals surface area (Å²) >= 11 is 0. The summed E-state index contributed by atoms with van der Waals surface area (Å²) in [6.07, 6.45) is 3.69. The van der Waals surface area contributed by atoms with E-state index in [-0.39, 0.29) is 5.56 Å². The van der Waals surface area contributed by atoms with E-state index in [4.69, 9.17) is 4.98 Å². The quantitative estimate of drug-likeness (QED) is 0.773. The smallest absolute Gasteiger partial charge is 0.251 e. The van der Waals surface area contributed by atoms with Crippen LogP contribution >= 0.6 is 0 Å². The molecule has 3 aromatic rings. The van der Waals surface area contributed by atoms with Gasteiger partial charge in [0, 0.05) is 30.4 Å². The maximum Gasteiger partial charge on any atom is 0.251 e. The highest BCUT2D eigenvalue weighted by molar-refractivity contribution is 5.48. The molecular formula is C21H23N5O. The van der Waals surface area contributed by atoms with Crippen molar-refractivity contribution in [2.45, 2.75) is 32.2 Å². The second-order valence-corrected chi connectivity index (χ2v) is 7.05. The summed E-state index contributed by atoms with van der Waals surface area (Å²) < 4.78 is 0. The van der Waals surface area contributed by atoms with Crippen LogP contribution in [0, 0.1) is 6.92 Å². The molecule has 0 radical (unpaired) electrons. The Balaban J connectivity index is 1.45. The second kappa shape index (κ2) is 7.80. The van der Waals surface area contributed by atoms with Crippen molar-refractivity contribution in [3.8, 4) is 11.5 Å². The number of H-pyrrole nitrogens is 1. The third-order valence-electron chi connectivity index (χ3n) is 5.01. The fourth-order valence-electron chi connectivity index (χ4n) is 3.61. The van der Waals surface area contributed by atoms with E-state index in [9.17, 15) is 4.79 Å². The molecule has 0 amide bonds. The largest absolute Gasteiger partial charge is 0.305 e. The Bertz CT molecular complexity index is 962. The van der Waals surface area contributed by atoms with Gasteiger partial charge in [-0.05, 0) is 57.1 Å². The number of hydrogen-bond acceptors (Lipinski definition) is 5. The molecule has 4 rings (SSSR count). The maximum atomic E-state index is 12.1. The number of aromatic amines is 1. The normalized spacial score (nSPS) is 15.7. The van der Waals surface area contributed by atoms with Crippen molar-refractivity contribution < 1.29 is 0 Å². The fourth-order valence-corrected chi connectivity index (χ4v) is 3.61. The van der Waals surface area contributed by atoms with Crippen LogP contribution in [0.15, 0.2) is 53.5 Å². The highest BCUT2D eigenvalue weighted by atomic mass is 16.1. The topological polar surface area (TPSA) is 74.8 Å². The van der Waals surface area contributed by atoms with Gasteiger partial charge in [0.05, 0.1) is 11.4 Å². The zero-order valence-corrected chi connectivity index (χ0v) is 15.4. The van der Waals surface area contributed by atoms with Crippen LogP contribution in [0.4, 0.5) is 0 Å². The number of pyridine rings is 2. The van der Waals surface area contributed by atoms with E-state index >= 15 is 0 Å². The van der Waals surface area contributed by atoms with Crippen molar-refractivity contribution in [1.82, 2.24) is 24.8 Å². The summed E-state index contributed by atoms with van der Waals surface area (Å²) in [5.74, 6) is 0.848. The molecule has 0 aliphatic carbocycles. The number of nitrogens with zero attached hydrogens (tertiary/aromatic N) is 4. The van der Waals surface area contributed by atoms with Gasteiger partial charge in [-0.25, -0.2) is 4.98 Å². The van der Waals surface area contributed by atoms with Crippen LogP contribution in [0.3, 0.4) is 0 Å². The first kappa shape index (κ1) is 17.5. The minimum Gasteiger partial charge on any atom is -0.305 e. The van der Waals surface area contributed by atoms with Gasteiger partial charge in [0.15, 0.2) is 5.82 Å². The zero-order chi connectivity index (χ0) is 18.6. The van der Waals surface area contributed by atoms with E-state index in [2.05, 4.69) is 32.0 Å². The number of nitrogens with one attached hydrogen (secondary N) is 1. The standard InChI is InChI=1S/C21H23N5O/c1-15-5-4-6-17(23-15)14-26-11-8-16(9-12-26)19-13-20(27)25-21(24-19)18-7-2-3-10-22-18/h2-7,10,13,16H,8-9,11-12,14H2,1H3,(H,24,25,27). The van der Waals surface area contributed by atoms with E-state index < -0.39 is 0 Å². The van der Waals surface area contributed by atoms with E-state index in [0.29, 0.717) is 17.4 Å². The lowest BCUT2D eigenvalue weighted by molar-refractivity contribution is 0.201. The fraction of sp³-hybridized carbons (Fsp3) is 0.333. The molecule has 1 fully saturated rings. The van der Waals surface area contributed by atoms with Crippen molar-refractivity contribution in [3.05, 3.63) is 76.1 Å². The monoisotopic (exact) mass is 361 g/mol. The average molecular weight is 361 g/mol. The van der Waals surface area contributed by atoms with E-state index in [1.54, 1.807) is 12.3 Å². The first-order chi connectivity index (χ1) is 13.2. The highest BCUT2D eigenvalue weighted by Crippen LogP contribution is 2.27. The predicted molar refractivity (Wildman–Crippen MR) is 104 cm³/mol. The molecule has 4 heterocycles. The lowest BCUT2D eigenvalue weighted by Gasteiger charge is -2.31. The molecule has 1 aliphatic rings. The van der Waals surface area contributed by atoms with E-state index in [1.807, 2.05) is 31.2 Å². The third kappa shape index (κ3) is 4.28. The molecule has 6 nitrogen and oxygen atoms in total. The van der Waals surface area contributed by atoms with Crippen LogP contribution in [0.2, 0.25) is 0 Å². The minimum atomic E-state index is -0.118. The highest BCUT2D eigenvalue weighted by Gasteiger charge is 2.23. The summed E-state index contributed by atoms with van der Waals surface area (Å²) in [7, 11) is 0. The molecule has 1 saturated heterocycles. The van der Waals surface area contributed by atoms with Gasteiger partial charge in [-0.3, -0.25) is 19.7 Å². The third-order valence-corrected chi connectivity index (χ3v) is 5.01. The Morgan fingerprint density at radius 3 is 2.70 bits per heavy atom. The SMILES string of the molecule is Cc1cccc(CN2CCC(c3cc(=O)[nH]c(-c4ccccn4)n3)CC2)n1. The number of aryl methyl sites for hydroxylation is 1. The molecule has 1 aliphatic heterocycles. The lowest BCUT2D eigenvalue weighted by Crippen LogP contribution is -2.33. The molecule has 0 bridgehead atoms. The first-order valence-electron chi connectivity index (χ1n) is 9.35. The summed E-state index contributed by atoms with van der Waals surface area (Å²) in [5.41, 5.74) is 3.61. The van der Waals surface area contributed by atoms with Crippen LogP contribution in [-0.2, 0) is 6.54 Å². The summed E-state index contributed by atoms with van der Waals surface area (Å²) in [5, 5.41) is 0. The minimum absolute atomic E-state index is 0.118. The van der Waals surface area contributed by atoms with Crippen molar-refractivity contribution in [2.75, 3.05) is 13.1 Å². The van der Waals surface area contributed by atoms with Crippen LogP contribution in [0.25, 0.3) is 11.5 Å². The lowest BCUT2D eigenvalue weighted by atomic mass is 9.93. The van der Waals surface area contributed by atoms with Gasteiger partial charge in [0.25, 0.3) is 5.56 Å². The van der Waals surface area contributed by atoms with Gasteiger partial charge in [0.1, 0.15) is 5.69 Å². The van der Waals surface area contributed by atoms with Crippen molar-refractivity contribution >= 4 is 0 Å². The molecule has 0 aromatic carbocycles. The summed E-state index contributed by atoms with van der Waals surface area (Å²) in [6.45, 7) is 4.85. The summed E-state index contributed by atoms with van der Waals surface area (Å²) in [6, 6.07) is 13.4. The number of likely N-dealkylation sites (tertiary alicyclic amines) is 1. The molecule has 1 N–H and O–H groups in total. The number of rotatable bonds is 4. The molecule has 138 valence electrons. The zero-order valence-electron chi connectivity index (χ0n) is 15.4. The van der Waals surface area contributed by atoms with Crippen LogP contribution in [0.5, 0.6) is 0 Å². The molecule has 3 aromatic heterocycles. The average Bonchev–Trinajstić information content (AvgIpc) is 2.69. The van der Waals surface area contributed by atoms with Crippen LogP contribution < -0.4 is 5.56 Å². The van der Waals surface area contributed by atoms with Gasteiger partial charge >= 0.3 is 0 Å². The Morgan fingerprint density at radius 2 is 1.96 bits per heavy atom. The molecule has 0 unspecified atom stereocenters. The van der Waals surface area contributed by atoms with Crippen molar-refractivity contribution in [3.63, 3.8) is 0 Å². The molecule has 6 heteroatoms. The van der Waals surface area contributed by atoms with Crippen LogP contribution in [-0.4, -0.2) is 37.9 Å². The Kier molecular flexibility index (Phi) is 5.07. The first-order valence-corrected chi connectivity index (χ1v) is 9.35. The Labute approximate surface area is 158 Å². The summed E-state index contributed by atoms with van der Waals surface area (Å²) in [4.78, 5) is 30.9. The molecule has 27 heavy (non-hydrogen) atoms. The number of aromatic nitrogens is 4. The number of piperidine rings is 1. The molecule has 0 atom stereocenters. The Morgan fingerprint density at radius 1 is 1.11 bits per heavy atom. The Hall–Kier alpha value is -2.86. The van der Waals surface area contributed by atoms with Crippen molar-refractivity contribution in [2.24, 2.45) is 0 Å². The molecule has 0 spiro atoms. The van der Waals surface area contributed by atoms with Gasteiger partial charge in [-0.15, -0.1) is 0 Å². The predicted octanol–water partition coefficient (Wildman–Crippen LogP) is 2.91. The van der Waals surface area contributed by atoms with Gasteiger partial charge in [0.2, 0.25) is 0 Å². The molecule has 0 saturated carbocycles. The van der Waals surface area contributed by atoms with Crippen molar-refractivity contribution in [1.29, 1.82) is 0 Å². The molecular weight excluding hydrogens is 338 g/mol. The van der Waals surface area contributed by atoms with E-state index in [1.165, 1.54) is 0 Å². The van der Waals surface area contributed by atoms with Crippen LogP contribution in [0.1, 0.15) is 35.8 Å². The second-order valence-electron chi connectivity index (χ2n) is 7.05.